The number of nitrogens with one attached hydrogen (secondary N) is 1. The minimum Gasteiger partial charge on any atom is -0.497 e. The molecule has 2 amide bonds. The molecule has 3 rings (SSSR count). The van der Waals surface area contributed by atoms with Gasteiger partial charge in [-0.1, -0.05) is 30.3 Å². The van der Waals surface area contributed by atoms with Crippen LogP contribution >= 0.6 is 0 Å². The van der Waals surface area contributed by atoms with Crippen molar-refractivity contribution in [2.24, 2.45) is 0 Å². The van der Waals surface area contributed by atoms with Gasteiger partial charge in [-0.25, -0.2) is 4.90 Å². The Kier molecular flexibility index (Phi) is 4.39. The molecule has 1 aliphatic rings. The lowest BCUT2D eigenvalue weighted by atomic mass is 10.2. The summed E-state index contributed by atoms with van der Waals surface area (Å²) in [4.78, 5) is 25.9. The number of amides is 2. The van der Waals surface area contributed by atoms with Crippen LogP contribution in [-0.2, 0) is 16.1 Å². The average molecular weight is 310 g/mol. The van der Waals surface area contributed by atoms with Gasteiger partial charge in [0, 0.05) is 6.54 Å². The van der Waals surface area contributed by atoms with E-state index >= 15 is 0 Å². The van der Waals surface area contributed by atoms with E-state index in [0.29, 0.717) is 18.0 Å². The third-order valence-electron chi connectivity index (χ3n) is 3.87. The Labute approximate surface area is 134 Å². The first-order valence-corrected chi connectivity index (χ1v) is 7.47. The third kappa shape index (κ3) is 3.24. The van der Waals surface area contributed by atoms with E-state index in [1.165, 1.54) is 4.90 Å². The van der Waals surface area contributed by atoms with Gasteiger partial charge in [-0.3, -0.25) is 9.59 Å². The molecule has 23 heavy (non-hydrogen) atoms. The van der Waals surface area contributed by atoms with E-state index in [-0.39, 0.29) is 18.2 Å². The quantitative estimate of drug-likeness (QED) is 0.860. The second kappa shape index (κ2) is 6.62. The molecule has 1 aliphatic heterocycles. The average Bonchev–Trinajstić information content (AvgIpc) is 2.88. The van der Waals surface area contributed by atoms with Crippen LogP contribution in [0, 0.1) is 0 Å². The zero-order chi connectivity index (χ0) is 16.2. The van der Waals surface area contributed by atoms with Crippen LogP contribution in [0.4, 0.5) is 5.69 Å². The lowest BCUT2D eigenvalue weighted by Gasteiger charge is -2.16. The fourth-order valence-corrected chi connectivity index (χ4v) is 2.63. The number of carbonyl (C=O) groups excluding carboxylic acids is 2. The molecule has 5 nitrogen and oxygen atoms in total. The van der Waals surface area contributed by atoms with Gasteiger partial charge >= 0.3 is 0 Å². The molecular weight excluding hydrogens is 292 g/mol. The summed E-state index contributed by atoms with van der Waals surface area (Å²) < 4.78 is 5.09. The first-order chi connectivity index (χ1) is 11.2. The minimum absolute atomic E-state index is 0.178. The smallest absolute Gasteiger partial charge is 0.251 e. The van der Waals surface area contributed by atoms with Crippen LogP contribution in [0.5, 0.6) is 5.75 Å². The Morgan fingerprint density at radius 2 is 1.78 bits per heavy atom. The zero-order valence-electron chi connectivity index (χ0n) is 12.9. The number of carbonyl (C=O) groups is 2. The molecule has 0 unspecified atom stereocenters. The van der Waals surface area contributed by atoms with Gasteiger partial charge < -0.3 is 10.1 Å². The Morgan fingerprint density at radius 1 is 1.09 bits per heavy atom. The van der Waals surface area contributed by atoms with Crippen LogP contribution in [0.25, 0.3) is 0 Å². The van der Waals surface area contributed by atoms with Gasteiger partial charge in [-0.2, -0.15) is 0 Å². The zero-order valence-corrected chi connectivity index (χ0v) is 12.9. The summed E-state index contributed by atoms with van der Waals surface area (Å²) in [6.07, 6.45) is 0.178. The van der Waals surface area contributed by atoms with E-state index in [2.05, 4.69) is 5.32 Å². The predicted octanol–water partition coefficient (Wildman–Crippen LogP) is 2.12. The maximum atomic E-state index is 12.5. The lowest BCUT2D eigenvalue weighted by Crippen LogP contribution is -2.38. The molecule has 1 atom stereocenters. The van der Waals surface area contributed by atoms with Crippen molar-refractivity contribution in [2.75, 3.05) is 12.0 Å². The standard InChI is InChI=1S/C18H18N2O3/c1-23-15-9-7-14(8-10-15)20-17(21)11-16(18(20)22)19-12-13-5-3-2-4-6-13/h2-10,16,19H,11-12H2,1H3/t16-/m1/s1. The van der Waals surface area contributed by atoms with Crippen LogP contribution in [0.2, 0.25) is 0 Å². The molecule has 1 saturated heterocycles. The number of hydrogen-bond acceptors (Lipinski definition) is 4. The summed E-state index contributed by atoms with van der Waals surface area (Å²) in [5.74, 6) is 0.286. The van der Waals surface area contributed by atoms with Crippen molar-refractivity contribution >= 4 is 17.5 Å². The van der Waals surface area contributed by atoms with Crippen LogP contribution in [-0.4, -0.2) is 25.0 Å². The van der Waals surface area contributed by atoms with Gasteiger partial charge in [0.2, 0.25) is 5.91 Å². The first kappa shape index (κ1) is 15.2. The van der Waals surface area contributed by atoms with Crippen molar-refractivity contribution in [2.45, 2.75) is 19.0 Å². The number of nitrogens with zero attached hydrogens (tertiary/aromatic N) is 1. The number of imide groups is 1. The highest BCUT2D eigenvalue weighted by Gasteiger charge is 2.39. The van der Waals surface area contributed by atoms with Gasteiger partial charge in [0.15, 0.2) is 0 Å². The van der Waals surface area contributed by atoms with E-state index in [1.807, 2.05) is 30.3 Å². The molecule has 0 aliphatic carbocycles. The fourth-order valence-electron chi connectivity index (χ4n) is 2.63. The van der Waals surface area contributed by atoms with Crippen molar-refractivity contribution in [3.63, 3.8) is 0 Å². The number of hydrogen-bond donors (Lipinski definition) is 1. The molecule has 118 valence electrons. The summed E-state index contributed by atoms with van der Waals surface area (Å²) in [7, 11) is 1.57. The molecule has 1 N–H and O–H groups in total. The van der Waals surface area contributed by atoms with Gasteiger partial charge in [-0.05, 0) is 29.8 Å². The summed E-state index contributed by atoms with van der Waals surface area (Å²) in [6.45, 7) is 0.557. The monoisotopic (exact) mass is 310 g/mol. The minimum atomic E-state index is -0.482. The van der Waals surface area contributed by atoms with Crippen LogP contribution in [0.1, 0.15) is 12.0 Å². The highest BCUT2D eigenvalue weighted by Crippen LogP contribution is 2.25. The van der Waals surface area contributed by atoms with Crippen molar-refractivity contribution in [1.82, 2.24) is 5.32 Å². The summed E-state index contributed by atoms with van der Waals surface area (Å²) in [6, 6.07) is 16.2. The normalized spacial score (nSPS) is 17.6. The van der Waals surface area contributed by atoms with Crippen molar-refractivity contribution in [3.05, 3.63) is 60.2 Å². The van der Waals surface area contributed by atoms with Gasteiger partial charge in [0.1, 0.15) is 5.75 Å². The van der Waals surface area contributed by atoms with Crippen molar-refractivity contribution in [1.29, 1.82) is 0 Å². The summed E-state index contributed by atoms with van der Waals surface area (Å²) >= 11 is 0. The SMILES string of the molecule is COc1ccc(N2C(=O)C[C@@H](NCc3ccccc3)C2=O)cc1. The molecular formula is C18H18N2O3. The molecule has 0 radical (unpaired) electrons. The van der Waals surface area contributed by atoms with Crippen molar-refractivity contribution < 1.29 is 14.3 Å². The predicted molar refractivity (Wildman–Crippen MR) is 87.2 cm³/mol. The van der Waals surface area contributed by atoms with Gasteiger partial charge in [0.05, 0.1) is 25.3 Å². The van der Waals surface area contributed by atoms with E-state index < -0.39 is 6.04 Å². The van der Waals surface area contributed by atoms with E-state index in [1.54, 1.807) is 31.4 Å². The number of ether oxygens (including phenoxy) is 1. The Bertz CT molecular complexity index is 698. The number of rotatable bonds is 5. The van der Waals surface area contributed by atoms with E-state index in [9.17, 15) is 9.59 Å². The molecule has 2 aromatic rings. The molecule has 1 fully saturated rings. The summed E-state index contributed by atoms with van der Waals surface area (Å²) in [5, 5.41) is 3.16. The molecule has 0 saturated carbocycles. The molecule has 1 heterocycles. The van der Waals surface area contributed by atoms with Crippen LogP contribution < -0.4 is 15.0 Å². The fraction of sp³-hybridized carbons (Fsp3) is 0.222. The molecule has 0 spiro atoms. The van der Waals surface area contributed by atoms with E-state index in [0.717, 1.165) is 5.56 Å². The van der Waals surface area contributed by atoms with Crippen molar-refractivity contribution in [3.8, 4) is 5.75 Å². The number of anilines is 1. The molecule has 2 aromatic carbocycles. The Hall–Kier alpha value is -2.66. The van der Waals surface area contributed by atoms with Gasteiger partial charge in [-0.15, -0.1) is 0 Å². The highest BCUT2D eigenvalue weighted by atomic mass is 16.5. The Morgan fingerprint density at radius 3 is 2.43 bits per heavy atom. The highest BCUT2D eigenvalue weighted by molar-refractivity contribution is 6.22. The van der Waals surface area contributed by atoms with Crippen LogP contribution in [0.3, 0.4) is 0 Å². The maximum absolute atomic E-state index is 12.5. The van der Waals surface area contributed by atoms with E-state index in [4.69, 9.17) is 4.74 Å². The lowest BCUT2D eigenvalue weighted by molar-refractivity contribution is -0.121. The topological polar surface area (TPSA) is 58.6 Å². The summed E-state index contributed by atoms with van der Waals surface area (Å²) in [5.41, 5.74) is 1.65. The number of benzene rings is 2. The Balaban J connectivity index is 1.69. The molecule has 5 heteroatoms. The second-order valence-electron chi connectivity index (χ2n) is 5.39. The third-order valence-corrected chi connectivity index (χ3v) is 3.87. The first-order valence-electron chi connectivity index (χ1n) is 7.47. The largest absolute Gasteiger partial charge is 0.497 e. The van der Waals surface area contributed by atoms with Gasteiger partial charge in [0.25, 0.3) is 5.91 Å². The maximum Gasteiger partial charge on any atom is 0.251 e. The number of methoxy groups -OCH3 is 1. The van der Waals surface area contributed by atoms with Crippen LogP contribution in [0.15, 0.2) is 54.6 Å². The second-order valence-corrected chi connectivity index (χ2v) is 5.39. The molecule has 0 bridgehead atoms. The molecule has 0 aromatic heterocycles.